The molecule has 0 saturated heterocycles. The number of pyridine rings is 1. The Morgan fingerprint density at radius 2 is 1.68 bits per heavy atom. The van der Waals surface area contributed by atoms with Crippen LogP contribution in [0.25, 0.3) is 12.2 Å². The molecule has 0 fully saturated rings. The molecule has 1 N–H and O–H groups in total. The molecule has 0 spiro atoms. The average Bonchev–Trinajstić information content (AvgIpc) is 2.62. The van der Waals surface area contributed by atoms with E-state index in [9.17, 15) is 4.79 Å². The van der Waals surface area contributed by atoms with Crippen molar-refractivity contribution in [2.24, 2.45) is 0 Å². The highest BCUT2D eigenvalue weighted by molar-refractivity contribution is 5.87. The second-order valence-electron chi connectivity index (χ2n) is 5.50. The molecule has 1 aromatic heterocycles. The Bertz CT molecular complexity index is 876. The largest absolute Gasteiger partial charge is 1.00 e. The summed E-state index contributed by atoms with van der Waals surface area (Å²) in [6.45, 7) is 0.621. The topological polar surface area (TPSA) is 41.2 Å². The zero-order valence-corrected chi connectivity index (χ0v) is 14.3. The lowest BCUT2D eigenvalue weighted by Crippen LogP contribution is -3.00. The SMILES string of the molecule is O=C(O)c1cccc(C[n+]2ccccc2/C=C/c2ccccc2)c1.[Cl-]. The summed E-state index contributed by atoms with van der Waals surface area (Å²) in [5, 5.41) is 9.12. The van der Waals surface area contributed by atoms with Gasteiger partial charge in [0, 0.05) is 23.8 Å². The summed E-state index contributed by atoms with van der Waals surface area (Å²) < 4.78 is 2.10. The molecule has 0 aliphatic rings. The van der Waals surface area contributed by atoms with Gasteiger partial charge in [-0.05, 0) is 29.8 Å². The number of aromatic carboxylic acids is 1. The van der Waals surface area contributed by atoms with E-state index in [1.165, 1.54) is 0 Å². The summed E-state index contributed by atoms with van der Waals surface area (Å²) in [7, 11) is 0. The van der Waals surface area contributed by atoms with Crippen molar-refractivity contribution in [3.8, 4) is 0 Å². The molecule has 4 heteroatoms. The third-order valence-electron chi connectivity index (χ3n) is 3.75. The molecule has 1 heterocycles. The highest BCUT2D eigenvalue weighted by Crippen LogP contribution is 2.08. The molecule has 0 saturated carbocycles. The average molecular weight is 352 g/mol. The molecule has 0 atom stereocenters. The van der Waals surface area contributed by atoms with Crippen molar-refractivity contribution < 1.29 is 26.9 Å². The Hall–Kier alpha value is -2.91. The molecule has 0 unspecified atom stereocenters. The third kappa shape index (κ3) is 5.03. The van der Waals surface area contributed by atoms with E-state index >= 15 is 0 Å². The van der Waals surface area contributed by atoms with Crippen molar-refractivity contribution in [1.82, 2.24) is 0 Å². The van der Waals surface area contributed by atoms with Crippen LogP contribution in [0.2, 0.25) is 0 Å². The Kier molecular flexibility index (Phi) is 6.49. The Labute approximate surface area is 153 Å². The number of halogens is 1. The van der Waals surface area contributed by atoms with Crippen LogP contribution in [-0.2, 0) is 6.54 Å². The number of carboxylic acid groups (broad SMARTS) is 1. The minimum atomic E-state index is -0.904. The summed E-state index contributed by atoms with van der Waals surface area (Å²) in [6, 6.07) is 23.2. The molecule has 0 aliphatic heterocycles. The van der Waals surface area contributed by atoms with Crippen LogP contribution in [-0.4, -0.2) is 11.1 Å². The second kappa shape index (κ2) is 8.81. The molecule has 3 aromatic rings. The third-order valence-corrected chi connectivity index (χ3v) is 3.75. The fourth-order valence-electron chi connectivity index (χ4n) is 2.53. The van der Waals surface area contributed by atoms with Gasteiger partial charge in [-0.25, -0.2) is 4.79 Å². The predicted molar refractivity (Wildman–Crippen MR) is 94.5 cm³/mol. The monoisotopic (exact) mass is 351 g/mol. The summed E-state index contributed by atoms with van der Waals surface area (Å²) in [4.78, 5) is 11.1. The van der Waals surface area contributed by atoms with Crippen LogP contribution in [0.15, 0.2) is 79.0 Å². The zero-order chi connectivity index (χ0) is 16.8. The Balaban J connectivity index is 0.00000225. The normalized spacial score (nSPS) is 10.4. The first-order valence-electron chi connectivity index (χ1n) is 7.76. The fourth-order valence-corrected chi connectivity index (χ4v) is 2.53. The highest BCUT2D eigenvalue weighted by atomic mass is 35.5. The molecule has 126 valence electrons. The molecule has 3 rings (SSSR count). The van der Waals surface area contributed by atoms with Crippen molar-refractivity contribution >= 4 is 18.1 Å². The number of carboxylic acids is 1. The van der Waals surface area contributed by atoms with Crippen LogP contribution >= 0.6 is 0 Å². The minimum absolute atomic E-state index is 0. The molecule has 0 aliphatic carbocycles. The zero-order valence-electron chi connectivity index (χ0n) is 13.5. The molecular weight excluding hydrogens is 334 g/mol. The number of carbonyl (C=O) groups is 1. The van der Waals surface area contributed by atoms with Crippen LogP contribution < -0.4 is 17.0 Å². The standard InChI is InChI=1S/C21H17NO2.ClH/c23-21(24)19-10-6-9-18(15-19)16-22-14-5-4-11-20(22)13-12-17-7-2-1-3-8-17;/h1-15H,16H2;1H/b13-12+;. The molecule has 0 radical (unpaired) electrons. The summed E-state index contributed by atoms with van der Waals surface area (Å²) in [6.07, 6.45) is 6.13. The Morgan fingerprint density at radius 3 is 2.44 bits per heavy atom. The van der Waals surface area contributed by atoms with Gasteiger partial charge < -0.3 is 17.5 Å². The fraction of sp³-hybridized carbons (Fsp3) is 0.0476. The summed E-state index contributed by atoms with van der Waals surface area (Å²) in [5.74, 6) is -0.904. The van der Waals surface area contributed by atoms with E-state index in [1.807, 2.05) is 48.7 Å². The van der Waals surface area contributed by atoms with Crippen molar-refractivity contribution in [3.63, 3.8) is 0 Å². The van der Waals surface area contributed by atoms with Crippen LogP contribution in [0.1, 0.15) is 27.2 Å². The first-order chi connectivity index (χ1) is 11.7. The highest BCUT2D eigenvalue weighted by Gasteiger charge is 2.10. The molecule has 3 nitrogen and oxygen atoms in total. The first-order valence-corrected chi connectivity index (χ1v) is 7.76. The van der Waals surface area contributed by atoms with Gasteiger partial charge in [0.1, 0.15) is 0 Å². The van der Waals surface area contributed by atoms with Gasteiger partial charge in [0.15, 0.2) is 12.7 Å². The molecule has 0 amide bonds. The van der Waals surface area contributed by atoms with Crippen LogP contribution in [0, 0.1) is 0 Å². The number of hydrogen-bond acceptors (Lipinski definition) is 1. The molecule has 0 bridgehead atoms. The minimum Gasteiger partial charge on any atom is -1.00 e. The van der Waals surface area contributed by atoms with Crippen LogP contribution in [0.4, 0.5) is 0 Å². The van der Waals surface area contributed by atoms with Gasteiger partial charge in [0.2, 0.25) is 5.69 Å². The van der Waals surface area contributed by atoms with Crippen molar-refractivity contribution in [2.75, 3.05) is 0 Å². The molecular formula is C21H18ClNO2. The van der Waals surface area contributed by atoms with E-state index in [0.29, 0.717) is 12.1 Å². The number of nitrogens with zero attached hydrogens (tertiary/aromatic N) is 1. The van der Waals surface area contributed by atoms with E-state index in [-0.39, 0.29) is 12.4 Å². The van der Waals surface area contributed by atoms with Gasteiger partial charge >= 0.3 is 5.97 Å². The summed E-state index contributed by atoms with van der Waals surface area (Å²) in [5.41, 5.74) is 3.47. The maximum Gasteiger partial charge on any atom is 0.335 e. The lowest BCUT2D eigenvalue weighted by atomic mass is 10.1. The maximum absolute atomic E-state index is 11.1. The van der Waals surface area contributed by atoms with Gasteiger partial charge in [-0.15, -0.1) is 0 Å². The number of benzene rings is 2. The van der Waals surface area contributed by atoms with E-state index in [1.54, 1.807) is 18.2 Å². The van der Waals surface area contributed by atoms with Gasteiger partial charge in [0.25, 0.3) is 0 Å². The number of rotatable bonds is 5. The number of hydrogen-bond donors (Lipinski definition) is 1. The van der Waals surface area contributed by atoms with Crippen LogP contribution in [0.3, 0.4) is 0 Å². The Morgan fingerprint density at radius 1 is 0.920 bits per heavy atom. The smallest absolute Gasteiger partial charge is 0.335 e. The van der Waals surface area contributed by atoms with Gasteiger partial charge in [-0.1, -0.05) is 42.5 Å². The molecule has 2 aromatic carbocycles. The molecule has 25 heavy (non-hydrogen) atoms. The van der Waals surface area contributed by atoms with E-state index in [4.69, 9.17) is 5.11 Å². The second-order valence-corrected chi connectivity index (χ2v) is 5.50. The van der Waals surface area contributed by atoms with Crippen molar-refractivity contribution in [3.05, 3.63) is 101 Å². The maximum atomic E-state index is 11.1. The van der Waals surface area contributed by atoms with Gasteiger partial charge in [0.05, 0.1) is 5.56 Å². The van der Waals surface area contributed by atoms with E-state index in [0.717, 1.165) is 16.8 Å². The van der Waals surface area contributed by atoms with E-state index < -0.39 is 5.97 Å². The lowest BCUT2D eigenvalue weighted by molar-refractivity contribution is -0.690. The van der Waals surface area contributed by atoms with E-state index in [2.05, 4.69) is 28.9 Å². The van der Waals surface area contributed by atoms with Crippen molar-refractivity contribution in [1.29, 1.82) is 0 Å². The van der Waals surface area contributed by atoms with Gasteiger partial charge in [-0.3, -0.25) is 0 Å². The lowest BCUT2D eigenvalue weighted by Gasteiger charge is -2.02. The van der Waals surface area contributed by atoms with Crippen LogP contribution in [0.5, 0.6) is 0 Å². The summed E-state index contributed by atoms with van der Waals surface area (Å²) >= 11 is 0. The van der Waals surface area contributed by atoms with Crippen molar-refractivity contribution in [2.45, 2.75) is 6.54 Å². The quantitative estimate of drug-likeness (QED) is 0.694. The number of aromatic nitrogens is 1. The van der Waals surface area contributed by atoms with Gasteiger partial charge in [-0.2, -0.15) is 4.57 Å². The first kappa shape index (κ1) is 18.4. The predicted octanol–water partition coefficient (Wildman–Crippen LogP) is 0.895.